The number of hydrogen-bond acceptors (Lipinski definition) is 3. The van der Waals surface area contributed by atoms with Crippen LogP contribution in [-0.4, -0.2) is 24.9 Å². The molecule has 0 saturated carbocycles. The topological polar surface area (TPSA) is 75.4 Å². The molecule has 2 aromatic carbocycles. The number of anilines is 2. The molecule has 134 valence electrons. The third-order valence-electron chi connectivity index (χ3n) is 5.63. The van der Waals surface area contributed by atoms with E-state index in [0.29, 0.717) is 30.6 Å². The number of nitrogens with one attached hydrogen (secondary N) is 1. The molecule has 1 fully saturated rings. The molecule has 26 heavy (non-hydrogen) atoms. The molecule has 1 spiro atoms. The minimum atomic E-state index is -0.412. The summed E-state index contributed by atoms with van der Waals surface area (Å²) in [5, 5.41) is 3.03. The molecule has 1 saturated heterocycles. The Kier molecular flexibility index (Phi) is 4.15. The molecular formula is C21H23N3O2. The maximum absolute atomic E-state index is 13.2. The molecule has 1 unspecified atom stereocenters. The van der Waals surface area contributed by atoms with Gasteiger partial charge in [-0.15, -0.1) is 0 Å². The largest absolute Gasteiger partial charge is 0.399 e. The SMILES string of the molecule is Nc1ccc(C(=O)N2CCC3(CCCNC3=O)Cc3ccccc32)cc1. The summed E-state index contributed by atoms with van der Waals surface area (Å²) in [4.78, 5) is 27.7. The van der Waals surface area contributed by atoms with Crippen LogP contribution in [0.4, 0.5) is 11.4 Å². The van der Waals surface area contributed by atoms with Gasteiger partial charge in [0, 0.05) is 30.0 Å². The number of carbonyl (C=O) groups is 2. The lowest BCUT2D eigenvalue weighted by atomic mass is 9.73. The number of nitrogen functional groups attached to an aromatic ring is 1. The first-order valence-electron chi connectivity index (χ1n) is 9.13. The molecule has 5 heteroatoms. The van der Waals surface area contributed by atoms with Crippen molar-refractivity contribution in [3.05, 3.63) is 59.7 Å². The van der Waals surface area contributed by atoms with Crippen molar-refractivity contribution in [3.63, 3.8) is 0 Å². The normalized spacial score (nSPS) is 22.5. The Balaban J connectivity index is 1.72. The standard InChI is InChI=1S/C21H23N3O2/c22-17-8-6-15(7-9-17)19(25)24-13-11-21(10-3-12-23-20(21)26)14-16-4-1-2-5-18(16)24/h1-2,4-9H,3,10-14,22H2,(H,23,26). The highest BCUT2D eigenvalue weighted by Crippen LogP contribution is 2.41. The van der Waals surface area contributed by atoms with Crippen molar-refractivity contribution in [2.75, 3.05) is 23.7 Å². The van der Waals surface area contributed by atoms with Gasteiger partial charge in [-0.25, -0.2) is 0 Å². The zero-order valence-electron chi connectivity index (χ0n) is 14.7. The number of para-hydroxylation sites is 1. The number of benzene rings is 2. The van der Waals surface area contributed by atoms with Crippen LogP contribution in [0.2, 0.25) is 0 Å². The van der Waals surface area contributed by atoms with Crippen LogP contribution in [0.15, 0.2) is 48.5 Å². The summed E-state index contributed by atoms with van der Waals surface area (Å²) in [6.45, 7) is 1.28. The van der Waals surface area contributed by atoms with E-state index in [4.69, 9.17) is 5.73 Å². The Morgan fingerprint density at radius 1 is 1.08 bits per heavy atom. The summed E-state index contributed by atoms with van der Waals surface area (Å²) in [6.07, 6.45) is 3.21. The number of amides is 2. The van der Waals surface area contributed by atoms with Gasteiger partial charge in [0.15, 0.2) is 0 Å². The zero-order valence-corrected chi connectivity index (χ0v) is 14.7. The van der Waals surface area contributed by atoms with Gasteiger partial charge in [0.1, 0.15) is 0 Å². The van der Waals surface area contributed by atoms with E-state index in [-0.39, 0.29) is 11.8 Å². The molecule has 4 rings (SSSR count). The molecule has 2 amide bonds. The lowest BCUT2D eigenvalue weighted by molar-refractivity contribution is -0.133. The number of hydrogen-bond donors (Lipinski definition) is 2. The molecule has 1 atom stereocenters. The summed E-state index contributed by atoms with van der Waals surface area (Å²) in [7, 11) is 0. The maximum atomic E-state index is 13.2. The van der Waals surface area contributed by atoms with Gasteiger partial charge >= 0.3 is 0 Å². The first-order chi connectivity index (χ1) is 12.6. The van der Waals surface area contributed by atoms with Crippen molar-refractivity contribution >= 4 is 23.2 Å². The van der Waals surface area contributed by atoms with Gasteiger partial charge in [-0.3, -0.25) is 9.59 Å². The van der Waals surface area contributed by atoms with Gasteiger partial charge in [0.2, 0.25) is 5.91 Å². The van der Waals surface area contributed by atoms with Gasteiger partial charge in [0.05, 0.1) is 5.41 Å². The molecule has 2 heterocycles. The van der Waals surface area contributed by atoms with Crippen LogP contribution in [0.5, 0.6) is 0 Å². The summed E-state index contributed by atoms with van der Waals surface area (Å²) in [5.74, 6) is 0.0751. The van der Waals surface area contributed by atoms with E-state index in [2.05, 4.69) is 5.32 Å². The maximum Gasteiger partial charge on any atom is 0.258 e. The predicted octanol–water partition coefficient (Wildman–Crippen LogP) is 2.76. The van der Waals surface area contributed by atoms with E-state index < -0.39 is 5.41 Å². The average molecular weight is 349 g/mol. The lowest BCUT2D eigenvalue weighted by Gasteiger charge is -2.35. The van der Waals surface area contributed by atoms with E-state index in [1.807, 2.05) is 29.2 Å². The Hall–Kier alpha value is -2.82. The molecule has 0 aliphatic carbocycles. The molecule has 0 aromatic heterocycles. The van der Waals surface area contributed by atoms with Crippen molar-refractivity contribution in [1.29, 1.82) is 0 Å². The van der Waals surface area contributed by atoms with Gasteiger partial charge in [-0.1, -0.05) is 18.2 Å². The molecule has 5 nitrogen and oxygen atoms in total. The minimum absolute atomic E-state index is 0.0503. The van der Waals surface area contributed by atoms with Crippen LogP contribution >= 0.6 is 0 Å². The highest BCUT2D eigenvalue weighted by Gasteiger charge is 2.43. The van der Waals surface area contributed by atoms with Crippen LogP contribution in [0.25, 0.3) is 0 Å². The van der Waals surface area contributed by atoms with Crippen molar-refractivity contribution in [2.45, 2.75) is 25.7 Å². The molecule has 2 aliphatic rings. The molecule has 0 bridgehead atoms. The first kappa shape index (κ1) is 16.6. The number of rotatable bonds is 1. The summed E-state index contributed by atoms with van der Waals surface area (Å²) in [5.41, 5.74) is 8.55. The summed E-state index contributed by atoms with van der Waals surface area (Å²) in [6, 6.07) is 14.9. The highest BCUT2D eigenvalue weighted by molar-refractivity contribution is 6.07. The van der Waals surface area contributed by atoms with E-state index >= 15 is 0 Å². The van der Waals surface area contributed by atoms with E-state index in [1.165, 1.54) is 0 Å². The highest BCUT2D eigenvalue weighted by atomic mass is 16.2. The molecule has 2 aromatic rings. The van der Waals surface area contributed by atoms with Crippen LogP contribution < -0.4 is 16.0 Å². The third kappa shape index (κ3) is 2.83. The van der Waals surface area contributed by atoms with E-state index in [0.717, 1.165) is 30.6 Å². The second-order valence-corrected chi connectivity index (χ2v) is 7.27. The van der Waals surface area contributed by atoms with Crippen LogP contribution in [0.3, 0.4) is 0 Å². The van der Waals surface area contributed by atoms with Gasteiger partial charge in [-0.2, -0.15) is 0 Å². The summed E-state index contributed by atoms with van der Waals surface area (Å²) >= 11 is 0. The van der Waals surface area contributed by atoms with Gasteiger partial charge < -0.3 is 16.0 Å². The Morgan fingerprint density at radius 3 is 2.62 bits per heavy atom. The second-order valence-electron chi connectivity index (χ2n) is 7.27. The third-order valence-corrected chi connectivity index (χ3v) is 5.63. The smallest absolute Gasteiger partial charge is 0.258 e. The van der Waals surface area contributed by atoms with Crippen LogP contribution in [0, 0.1) is 5.41 Å². The molecule has 0 radical (unpaired) electrons. The zero-order chi connectivity index (χ0) is 18.1. The average Bonchev–Trinajstić information content (AvgIpc) is 2.82. The fourth-order valence-electron chi connectivity index (χ4n) is 4.15. The molecule has 3 N–H and O–H groups in total. The number of piperidine rings is 1. The summed E-state index contributed by atoms with van der Waals surface area (Å²) < 4.78 is 0. The van der Waals surface area contributed by atoms with Crippen LogP contribution in [0.1, 0.15) is 35.2 Å². The van der Waals surface area contributed by atoms with E-state index in [9.17, 15) is 9.59 Å². The Bertz CT molecular complexity index is 847. The molecule has 2 aliphatic heterocycles. The van der Waals surface area contributed by atoms with E-state index in [1.54, 1.807) is 24.3 Å². The van der Waals surface area contributed by atoms with Crippen molar-refractivity contribution in [1.82, 2.24) is 5.32 Å². The van der Waals surface area contributed by atoms with Crippen molar-refractivity contribution in [3.8, 4) is 0 Å². The second kappa shape index (κ2) is 6.48. The monoisotopic (exact) mass is 349 g/mol. The Morgan fingerprint density at radius 2 is 1.85 bits per heavy atom. The number of nitrogens with two attached hydrogens (primary N) is 1. The number of carbonyl (C=O) groups excluding carboxylic acids is 2. The minimum Gasteiger partial charge on any atom is -0.399 e. The predicted molar refractivity (Wildman–Crippen MR) is 102 cm³/mol. The van der Waals surface area contributed by atoms with Crippen molar-refractivity contribution in [2.24, 2.45) is 5.41 Å². The number of fused-ring (bicyclic) bond motifs is 1. The van der Waals surface area contributed by atoms with Crippen LogP contribution in [-0.2, 0) is 11.2 Å². The lowest BCUT2D eigenvalue weighted by Crippen LogP contribution is -2.48. The quantitative estimate of drug-likeness (QED) is 0.778. The van der Waals surface area contributed by atoms with Gasteiger partial charge in [0.25, 0.3) is 5.91 Å². The fraction of sp³-hybridized carbons (Fsp3) is 0.333. The first-order valence-corrected chi connectivity index (χ1v) is 9.13. The Labute approximate surface area is 153 Å². The fourth-order valence-corrected chi connectivity index (χ4v) is 4.15. The van der Waals surface area contributed by atoms with Crippen molar-refractivity contribution < 1.29 is 9.59 Å². The molecular weight excluding hydrogens is 326 g/mol. The van der Waals surface area contributed by atoms with Gasteiger partial charge in [-0.05, 0) is 61.6 Å². The number of nitrogens with zero attached hydrogens (tertiary/aromatic N) is 1.